The molecule has 1 N–H and O–H groups in total. The maximum Gasteiger partial charge on any atom is 0.250 e. The first-order valence-corrected chi connectivity index (χ1v) is 11.9. The van der Waals surface area contributed by atoms with Crippen LogP contribution in [-0.4, -0.2) is 34.0 Å². The minimum atomic E-state index is -2.50. The van der Waals surface area contributed by atoms with Crippen molar-refractivity contribution in [2.24, 2.45) is 0 Å². The lowest BCUT2D eigenvalue weighted by molar-refractivity contribution is -0.0566. The number of ether oxygens (including phenoxy) is 1. The van der Waals surface area contributed by atoms with Crippen molar-refractivity contribution in [3.63, 3.8) is 0 Å². The predicted octanol–water partition coefficient (Wildman–Crippen LogP) is 5.43. The molecule has 0 unspecified atom stereocenters. The fraction of sp³-hybridized carbons (Fsp3) is 0.571. The van der Waals surface area contributed by atoms with E-state index in [9.17, 15) is 8.78 Å². The lowest BCUT2D eigenvalue weighted by atomic mass is 10.0. The molecule has 1 atom stereocenters. The van der Waals surface area contributed by atoms with E-state index in [4.69, 9.17) is 4.74 Å². The van der Waals surface area contributed by atoms with Gasteiger partial charge in [-0.25, -0.2) is 8.78 Å². The van der Waals surface area contributed by atoms with Crippen LogP contribution in [0.15, 0.2) is 30.7 Å². The molecule has 0 amide bonds. The zero-order valence-electron chi connectivity index (χ0n) is 16.7. The highest BCUT2D eigenvalue weighted by Crippen LogP contribution is 2.30. The quantitative estimate of drug-likeness (QED) is 0.406. The second kappa shape index (κ2) is 8.99. The predicted molar refractivity (Wildman–Crippen MR) is 117 cm³/mol. The maximum absolute atomic E-state index is 13.4. The Hall–Kier alpha value is -1.02. The fourth-order valence-electron chi connectivity index (χ4n) is 3.09. The van der Waals surface area contributed by atoms with Crippen molar-refractivity contribution in [1.29, 1.82) is 0 Å². The van der Waals surface area contributed by atoms with Crippen molar-refractivity contribution in [2.45, 2.75) is 64.6 Å². The van der Waals surface area contributed by atoms with Gasteiger partial charge in [0.05, 0.1) is 6.04 Å². The van der Waals surface area contributed by atoms with Crippen LogP contribution in [0.3, 0.4) is 0 Å². The van der Waals surface area contributed by atoms with Crippen molar-refractivity contribution in [2.75, 3.05) is 13.1 Å². The molecule has 1 aromatic carbocycles. The second-order valence-electron chi connectivity index (χ2n) is 8.12. The van der Waals surface area contributed by atoms with Gasteiger partial charge in [-0.2, -0.15) is 0 Å². The van der Waals surface area contributed by atoms with E-state index >= 15 is 0 Å². The van der Waals surface area contributed by atoms with Gasteiger partial charge in [-0.15, -0.1) is 0 Å². The van der Waals surface area contributed by atoms with Crippen LogP contribution in [0.2, 0.25) is 0 Å². The van der Waals surface area contributed by atoms with Crippen molar-refractivity contribution in [3.8, 4) is 0 Å². The molecule has 3 nitrogen and oxygen atoms in total. The number of nitrogens with zero attached hydrogens (tertiary/aromatic N) is 1. The van der Waals surface area contributed by atoms with Crippen LogP contribution in [-0.2, 0) is 11.3 Å². The normalized spacial score (nSPS) is 18.7. The molecule has 1 aliphatic rings. The molecule has 0 aliphatic carbocycles. The third kappa shape index (κ3) is 7.14. The number of hydrogen-bond acceptors (Lipinski definition) is 3. The first-order chi connectivity index (χ1) is 12.5. The number of rotatable bonds is 7. The smallest absolute Gasteiger partial charge is 0.250 e. The standard InChI is InChI=1S/C21H31F2IN2O/c1-15(25-16(2)27-20(3,4)5)17-7-8-18(19(13-17)24-6)14-26-11-9-21(22,23)10-12-26/h7-8,13,15,25H,2,6,9-12,14H2,1,3-5H3/t15-/m0/s1. The van der Waals surface area contributed by atoms with Gasteiger partial charge in [0.2, 0.25) is 0 Å². The maximum atomic E-state index is 13.4. The van der Waals surface area contributed by atoms with E-state index in [0.717, 1.165) is 12.1 Å². The summed E-state index contributed by atoms with van der Waals surface area (Å²) in [6.07, 6.45) is -0.0899. The van der Waals surface area contributed by atoms with Gasteiger partial charge in [0, 0.05) is 36.0 Å². The van der Waals surface area contributed by atoms with E-state index in [1.807, 2.05) is 20.8 Å². The van der Waals surface area contributed by atoms with E-state index in [-0.39, 0.29) is 45.2 Å². The molecule has 0 saturated carbocycles. The molecule has 152 valence electrons. The van der Waals surface area contributed by atoms with E-state index in [2.05, 4.69) is 46.4 Å². The molecule has 2 rings (SSSR count). The van der Waals surface area contributed by atoms with Crippen LogP contribution in [0.1, 0.15) is 57.7 Å². The highest BCUT2D eigenvalue weighted by Gasteiger charge is 2.33. The highest BCUT2D eigenvalue weighted by atomic mass is 127. The second-order valence-corrected chi connectivity index (χ2v) is 10.0. The van der Waals surface area contributed by atoms with Crippen molar-refractivity contribution in [1.82, 2.24) is 10.2 Å². The number of nitrogens with one attached hydrogen (secondary N) is 1. The molecule has 6 heteroatoms. The van der Waals surface area contributed by atoms with Gasteiger partial charge in [0.25, 0.3) is 5.92 Å². The summed E-state index contributed by atoms with van der Waals surface area (Å²) in [5.41, 5.74) is 2.08. The molecule has 0 spiro atoms. The van der Waals surface area contributed by atoms with Crippen LogP contribution in [0, 0.1) is 3.57 Å². The topological polar surface area (TPSA) is 24.5 Å². The number of alkyl halides is 2. The molecular weight excluding hydrogens is 461 g/mol. The zero-order chi connectivity index (χ0) is 20.2. The third-order valence-electron chi connectivity index (χ3n) is 4.51. The van der Waals surface area contributed by atoms with Gasteiger partial charge in [-0.1, -0.05) is 37.4 Å². The number of benzene rings is 1. The summed E-state index contributed by atoms with van der Waals surface area (Å²) in [7, 11) is 0. The van der Waals surface area contributed by atoms with Gasteiger partial charge in [-0.05, 0) is 51.5 Å². The average molecular weight is 492 g/mol. The molecule has 1 fully saturated rings. The Balaban J connectivity index is 2.03. The number of halogens is 3. The Morgan fingerprint density at radius 1 is 1.33 bits per heavy atom. The number of likely N-dealkylation sites (tertiary alicyclic amines) is 1. The molecule has 0 radical (unpaired) electrons. The Bertz CT molecular complexity index is 675. The first-order valence-electron chi connectivity index (χ1n) is 9.25. The van der Waals surface area contributed by atoms with Gasteiger partial charge in [0.15, 0.2) is 5.88 Å². The molecule has 0 bridgehead atoms. The third-order valence-corrected chi connectivity index (χ3v) is 6.34. The van der Waals surface area contributed by atoms with E-state index in [1.54, 1.807) is 0 Å². The fourth-order valence-corrected chi connectivity index (χ4v) is 4.51. The van der Waals surface area contributed by atoms with Crippen LogP contribution < -0.4 is 5.32 Å². The summed E-state index contributed by atoms with van der Waals surface area (Å²) >= 11 is -0.353. The number of hydrogen-bond donors (Lipinski definition) is 1. The van der Waals surface area contributed by atoms with Crippen molar-refractivity contribution >= 4 is 25.2 Å². The van der Waals surface area contributed by atoms with Crippen molar-refractivity contribution in [3.05, 3.63) is 45.4 Å². The largest absolute Gasteiger partial charge is 0.474 e. The average Bonchev–Trinajstić information content (AvgIpc) is 2.55. The Morgan fingerprint density at radius 3 is 2.52 bits per heavy atom. The minimum absolute atomic E-state index is 0.0450. The summed E-state index contributed by atoms with van der Waals surface area (Å²) in [5.74, 6) is -1.94. The lowest BCUT2D eigenvalue weighted by Gasteiger charge is -2.32. The van der Waals surface area contributed by atoms with Crippen LogP contribution in [0.5, 0.6) is 0 Å². The van der Waals surface area contributed by atoms with Crippen molar-refractivity contribution < 1.29 is 13.5 Å². The van der Waals surface area contributed by atoms with Gasteiger partial charge in [-0.3, -0.25) is 4.90 Å². The van der Waals surface area contributed by atoms with Crippen LogP contribution >= 0.6 is 20.7 Å². The minimum Gasteiger partial charge on any atom is -0.474 e. The summed E-state index contributed by atoms with van der Waals surface area (Å²) in [5, 5.41) is 3.30. The van der Waals surface area contributed by atoms with E-state index < -0.39 is 5.92 Å². The molecular formula is C21H31F2IN2O. The summed E-state index contributed by atoms with van der Waals surface area (Å²) in [4.78, 5) is 2.12. The van der Waals surface area contributed by atoms with E-state index in [1.165, 1.54) is 9.13 Å². The van der Waals surface area contributed by atoms with Gasteiger partial charge < -0.3 is 10.1 Å². The Morgan fingerprint density at radius 2 is 1.96 bits per heavy atom. The first kappa shape index (κ1) is 22.3. The Labute approximate surface area is 171 Å². The van der Waals surface area contributed by atoms with Crippen LogP contribution in [0.4, 0.5) is 8.78 Å². The number of piperidine rings is 1. The van der Waals surface area contributed by atoms with Gasteiger partial charge >= 0.3 is 0 Å². The molecule has 1 aromatic rings. The molecule has 1 aliphatic heterocycles. The SMILES string of the molecule is C=Ic1cc([C@H](C)NC(=C)OC(C)(C)C)ccc1CN1CCC(F)(F)CC1. The highest BCUT2D eigenvalue weighted by molar-refractivity contribution is 14.2. The van der Waals surface area contributed by atoms with Crippen LogP contribution in [0.25, 0.3) is 0 Å². The monoisotopic (exact) mass is 492 g/mol. The summed E-state index contributed by atoms with van der Waals surface area (Å²) in [6, 6.07) is 6.47. The van der Waals surface area contributed by atoms with E-state index in [0.29, 0.717) is 19.0 Å². The molecule has 0 aromatic heterocycles. The molecule has 27 heavy (non-hydrogen) atoms. The zero-order valence-corrected chi connectivity index (χ0v) is 18.9. The molecule has 1 heterocycles. The summed E-state index contributed by atoms with van der Waals surface area (Å²) in [6.45, 7) is 13.6. The Kier molecular flexibility index (Phi) is 7.41. The summed E-state index contributed by atoms with van der Waals surface area (Å²) < 4.78 is 37.9. The van der Waals surface area contributed by atoms with Gasteiger partial charge in [0.1, 0.15) is 5.60 Å². The molecule has 1 saturated heterocycles. The lowest BCUT2D eigenvalue weighted by Crippen LogP contribution is -2.39.